The first-order valence-corrected chi connectivity index (χ1v) is 2.26. The number of carbonyl (C=O) groups is 1. The molecule has 0 aliphatic rings. The summed E-state index contributed by atoms with van der Waals surface area (Å²) in [5.74, 6) is 0. The molecule has 0 unspecified atom stereocenters. The summed E-state index contributed by atoms with van der Waals surface area (Å²) in [5, 5.41) is 6.89. The van der Waals surface area contributed by atoms with Crippen LogP contribution in [-0.2, 0) is 19.9 Å². The van der Waals surface area contributed by atoms with Crippen molar-refractivity contribution in [2.24, 2.45) is 0 Å². The van der Waals surface area contributed by atoms with Gasteiger partial charge in [-0.05, 0) is 0 Å². The number of rotatable bonds is 0. The van der Waals surface area contributed by atoms with Gasteiger partial charge >= 0.3 is 25.2 Å². The van der Waals surface area contributed by atoms with Gasteiger partial charge in [0, 0.05) is 0 Å². The van der Waals surface area contributed by atoms with Crippen molar-refractivity contribution in [1.82, 2.24) is 0 Å². The molecule has 0 spiro atoms. The summed E-state index contributed by atoms with van der Waals surface area (Å²) >= 11 is 2.41. The van der Waals surface area contributed by atoms with Crippen LogP contribution < -0.4 is 0 Å². The molecule has 0 aromatic carbocycles. The van der Waals surface area contributed by atoms with E-state index in [1.165, 1.54) is 0 Å². The van der Waals surface area contributed by atoms with Crippen molar-refractivity contribution in [2.45, 2.75) is 0 Å². The van der Waals surface area contributed by atoms with Crippen LogP contribution in [0.1, 0.15) is 0 Å². The standard InChI is InChI=1S/CH2O2.ClH.Mn/c2-1-3;;/h1H,(H,2,3);1H;/q;;+1/p-1. The Bertz CT molecular complexity index is 17.1. The maximum absolute atomic E-state index is 8.36. The van der Waals surface area contributed by atoms with Gasteiger partial charge in [-0.15, -0.1) is 0 Å². The first-order chi connectivity index (χ1) is 2.41. The van der Waals surface area contributed by atoms with E-state index in [-0.39, 0.29) is 6.47 Å². The van der Waals surface area contributed by atoms with E-state index in [1.807, 2.05) is 0 Å². The summed E-state index contributed by atoms with van der Waals surface area (Å²) in [6.07, 6.45) is 0. The van der Waals surface area contributed by atoms with Gasteiger partial charge in [0.15, 0.2) is 0 Å². The molecule has 0 radical (unpaired) electrons. The third-order valence-electron chi connectivity index (χ3n) is 0. The molecule has 1 N–H and O–H groups in total. The predicted octanol–water partition coefficient (Wildman–Crippen LogP) is 0.388. The Hall–Kier alpha value is 0.279. The molecule has 0 saturated carbocycles. The molecule has 0 rings (SSSR count). The van der Waals surface area contributed by atoms with Gasteiger partial charge in [-0.25, -0.2) is 0 Å². The molecule has 0 heterocycles. The van der Waals surface area contributed by atoms with Crippen molar-refractivity contribution < 1.29 is 25.0 Å². The van der Waals surface area contributed by atoms with E-state index in [0.717, 1.165) is 0 Å². The van der Waals surface area contributed by atoms with Gasteiger partial charge in [0.25, 0.3) is 6.47 Å². The van der Waals surface area contributed by atoms with Crippen molar-refractivity contribution in [3.8, 4) is 0 Å². The molecule has 0 saturated heterocycles. The molecule has 0 fully saturated rings. The van der Waals surface area contributed by atoms with Crippen LogP contribution in [0.4, 0.5) is 0 Å². The number of hydrogen-bond donors (Lipinski definition) is 1. The molecule has 5 heavy (non-hydrogen) atoms. The Morgan fingerprint density at radius 1 is 1.80 bits per heavy atom. The second kappa shape index (κ2) is 28.1. The summed E-state index contributed by atoms with van der Waals surface area (Å²) in [7, 11) is 4.45. The average Bonchev–Trinajstić information content (AvgIpc) is 1.46. The molecule has 32 valence electrons. The van der Waals surface area contributed by atoms with E-state index in [0.29, 0.717) is 0 Å². The first kappa shape index (κ1) is 8.99. The third kappa shape index (κ3) is 285. The topological polar surface area (TPSA) is 37.3 Å². The van der Waals surface area contributed by atoms with Crippen molar-refractivity contribution in [2.75, 3.05) is 0 Å². The zero-order valence-corrected chi connectivity index (χ0v) is 4.13. The molecule has 4 heteroatoms. The normalized spacial score (nSPS) is 3.60. The van der Waals surface area contributed by atoms with Gasteiger partial charge in [-0.1, -0.05) is 0 Å². The van der Waals surface area contributed by atoms with Gasteiger partial charge in [-0.2, -0.15) is 0 Å². The van der Waals surface area contributed by atoms with E-state index in [9.17, 15) is 0 Å². The predicted molar refractivity (Wildman–Crippen MR) is 14.5 cm³/mol. The molecular weight excluding hydrogens is 134 g/mol. The molecule has 0 aromatic rings. The third-order valence-corrected chi connectivity index (χ3v) is 0. The minimum atomic E-state index is -0.250. The molecule has 2 nitrogen and oxygen atoms in total. The summed E-state index contributed by atoms with van der Waals surface area (Å²) in [6.45, 7) is -0.250. The second-order valence-corrected chi connectivity index (χ2v) is 0.105. The molecule has 0 aliphatic heterocycles. The fourth-order valence-corrected chi connectivity index (χ4v) is 0. The van der Waals surface area contributed by atoms with Crippen LogP contribution in [0, 0.1) is 0 Å². The molecule has 0 bridgehead atoms. The second-order valence-electron chi connectivity index (χ2n) is 0.105. The van der Waals surface area contributed by atoms with Crippen LogP contribution in [0.2, 0.25) is 0 Å². The van der Waals surface area contributed by atoms with Crippen LogP contribution in [-0.4, -0.2) is 11.6 Å². The van der Waals surface area contributed by atoms with Gasteiger partial charge in [0.05, 0.1) is 0 Å². The summed E-state index contributed by atoms with van der Waals surface area (Å²) < 4.78 is 0. The zero-order valence-electron chi connectivity index (χ0n) is 2.19. The SMILES string of the molecule is O=CO.[Cl][Mn]. The number of carboxylic acid groups (broad SMARTS) is 1. The van der Waals surface area contributed by atoms with Crippen LogP contribution in [0.15, 0.2) is 0 Å². The van der Waals surface area contributed by atoms with Crippen LogP contribution >= 0.6 is 10.1 Å². The van der Waals surface area contributed by atoms with Crippen molar-refractivity contribution >= 4 is 16.6 Å². The van der Waals surface area contributed by atoms with Gasteiger partial charge in [0.2, 0.25) is 0 Å². The average molecular weight is 136 g/mol. The molecule has 0 aromatic heterocycles. The van der Waals surface area contributed by atoms with E-state index >= 15 is 0 Å². The Morgan fingerprint density at radius 3 is 1.80 bits per heavy atom. The Balaban J connectivity index is 0. The van der Waals surface area contributed by atoms with Gasteiger partial charge < -0.3 is 5.11 Å². The maximum atomic E-state index is 8.36. The molecule has 0 atom stereocenters. The van der Waals surface area contributed by atoms with Crippen molar-refractivity contribution in [1.29, 1.82) is 0 Å². The summed E-state index contributed by atoms with van der Waals surface area (Å²) in [4.78, 5) is 8.36. The molecule has 0 aliphatic carbocycles. The monoisotopic (exact) mass is 136 g/mol. The number of hydrogen-bond acceptors (Lipinski definition) is 1. The van der Waals surface area contributed by atoms with Crippen molar-refractivity contribution in [3.05, 3.63) is 0 Å². The summed E-state index contributed by atoms with van der Waals surface area (Å²) in [5.41, 5.74) is 0. The van der Waals surface area contributed by atoms with E-state index in [1.54, 1.807) is 0 Å². The first-order valence-electron chi connectivity index (χ1n) is 0.637. The summed E-state index contributed by atoms with van der Waals surface area (Å²) in [6, 6.07) is 0. The van der Waals surface area contributed by atoms with E-state index < -0.39 is 0 Å². The Labute approximate surface area is 42.2 Å². The van der Waals surface area contributed by atoms with Crippen molar-refractivity contribution in [3.63, 3.8) is 0 Å². The Kier molecular flexibility index (Phi) is 50.6. The van der Waals surface area contributed by atoms with Gasteiger partial charge in [0.1, 0.15) is 0 Å². The zero-order chi connectivity index (χ0) is 4.71. The molecule has 0 amide bonds. The molecular formula is CH2ClMnO2. The number of halogens is 1. The van der Waals surface area contributed by atoms with Gasteiger partial charge in [-0.3, -0.25) is 4.79 Å². The fourth-order valence-electron chi connectivity index (χ4n) is 0. The van der Waals surface area contributed by atoms with Crippen LogP contribution in [0.25, 0.3) is 0 Å². The van der Waals surface area contributed by atoms with E-state index in [4.69, 9.17) is 9.90 Å². The Morgan fingerprint density at radius 2 is 1.80 bits per heavy atom. The van der Waals surface area contributed by atoms with Crippen LogP contribution in [0.5, 0.6) is 0 Å². The van der Waals surface area contributed by atoms with E-state index in [2.05, 4.69) is 25.2 Å². The minimum absolute atomic E-state index is 0.250. The quantitative estimate of drug-likeness (QED) is 0.386. The fraction of sp³-hybridized carbons (Fsp3) is 0. The van der Waals surface area contributed by atoms with Crippen LogP contribution in [0.3, 0.4) is 0 Å².